The van der Waals surface area contributed by atoms with Crippen molar-refractivity contribution in [3.8, 4) is 11.8 Å². The minimum Gasteiger partial charge on any atom is -0.439 e. The molecule has 1 aliphatic heterocycles. The summed E-state index contributed by atoms with van der Waals surface area (Å²) in [7, 11) is 0. The molecule has 3 aromatic rings. The molecular formula is C22H19N3O2. The molecule has 2 heterocycles. The Bertz CT molecular complexity index is 1160. The van der Waals surface area contributed by atoms with Crippen molar-refractivity contribution >= 4 is 10.9 Å². The van der Waals surface area contributed by atoms with Gasteiger partial charge in [-0.3, -0.25) is 4.79 Å². The minimum absolute atomic E-state index is 0.0405. The van der Waals surface area contributed by atoms with Crippen LogP contribution in [0, 0.1) is 11.3 Å². The summed E-state index contributed by atoms with van der Waals surface area (Å²) in [6, 6.07) is 17.5. The fraction of sp³-hybridized carbons (Fsp3) is 0.182. The highest BCUT2D eigenvalue weighted by Crippen LogP contribution is 2.43. The van der Waals surface area contributed by atoms with Crippen LogP contribution in [0.1, 0.15) is 42.4 Å². The van der Waals surface area contributed by atoms with E-state index in [1.165, 1.54) is 5.56 Å². The lowest BCUT2D eigenvalue weighted by Crippen LogP contribution is -2.27. The van der Waals surface area contributed by atoms with Gasteiger partial charge in [0.25, 0.3) is 5.56 Å². The van der Waals surface area contributed by atoms with Gasteiger partial charge in [-0.15, -0.1) is 0 Å². The van der Waals surface area contributed by atoms with E-state index in [9.17, 15) is 10.1 Å². The van der Waals surface area contributed by atoms with Crippen LogP contribution in [0.4, 0.5) is 0 Å². The predicted molar refractivity (Wildman–Crippen MR) is 104 cm³/mol. The van der Waals surface area contributed by atoms with Crippen molar-refractivity contribution in [3.05, 3.63) is 87.0 Å². The van der Waals surface area contributed by atoms with Gasteiger partial charge in [0.05, 0.1) is 17.0 Å². The van der Waals surface area contributed by atoms with Crippen LogP contribution in [0.3, 0.4) is 0 Å². The van der Waals surface area contributed by atoms with Crippen molar-refractivity contribution in [1.82, 2.24) is 4.98 Å². The molecule has 0 fully saturated rings. The number of nitriles is 1. The normalized spacial score (nSPS) is 16.1. The van der Waals surface area contributed by atoms with E-state index in [-0.39, 0.29) is 17.0 Å². The number of pyridine rings is 1. The van der Waals surface area contributed by atoms with Crippen LogP contribution in [-0.2, 0) is 0 Å². The lowest BCUT2D eigenvalue weighted by molar-refractivity contribution is 0.397. The average molecular weight is 357 g/mol. The first-order chi connectivity index (χ1) is 13.0. The number of nitrogens with one attached hydrogen (secondary N) is 1. The number of rotatable bonds is 2. The Morgan fingerprint density at radius 2 is 1.85 bits per heavy atom. The zero-order valence-corrected chi connectivity index (χ0v) is 15.1. The van der Waals surface area contributed by atoms with E-state index >= 15 is 0 Å². The number of ether oxygens (including phenoxy) is 1. The van der Waals surface area contributed by atoms with Crippen molar-refractivity contribution in [2.24, 2.45) is 5.73 Å². The van der Waals surface area contributed by atoms with Crippen LogP contribution in [0.25, 0.3) is 10.9 Å². The summed E-state index contributed by atoms with van der Waals surface area (Å²) in [4.78, 5) is 15.8. The topological polar surface area (TPSA) is 91.9 Å². The second kappa shape index (κ2) is 6.33. The SMILES string of the molecule is CC(C)c1ccc([C@H]2C(C#N)=C(N)Oc3c2c(=O)[nH]c2ccccc32)cc1. The number of nitrogens with zero attached hydrogens (tertiary/aromatic N) is 1. The molecule has 5 heteroatoms. The molecule has 0 bridgehead atoms. The Labute approximate surface area is 156 Å². The van der Waals surface area contributed by atoms with Gasteiger partial charge >= 0.3 is 0 Å². The van der Waals surface area contributed by atoms with Gasteiger partial charge in [0, 0.05) is 5.39 Å². The maximum Gasteiger partial charge on any atom is 0.256 e. The zero-order valence-electron chi connectivity index (χ0n) is 15.1. The van der Waals surface area contributed by atoms with E-state index in [0.717, 1.165) is 10.9 Å². The van der Waals surface area contributed by atoms with Crippen LogP contribution >= 0.6 is 0 Å². The molecule has 1 atom stereocenters. The number of hydrogen-bond donors (Lipinski definition) is 2. The van der Waals surface area contributed by atoms with E-state index in [2.05, 4.69) is 24.9 Å². The number of hydrogen-bond acceptors (Lipinski definition) is 4. The summed E-state index contributed by atoms with van der Waals surface area (Å²) >= 11 is 0. The molecule has 3 N–H and O–H groups in total. The molecule has 0 unspecified atom stereocenters. The second-order valence-electron chi connectivity index (χ2n) is 6.99. The highest BCUT2D eigenvalue weighted by Gasteiger charge is 2.34. The maximum atomic E-state index is 12.9. The van der Waals surface area contributed by atoms with E-state index in [0.29, 0.717) is 22.7 Å². The van der Waals surface area contributed by atoms with Gasteiger partial charge < -0.3 is 15.5 Å². The highest BCUT2D eigenvalue weighted by molar-refractivity contribution is 5.87. The second-order valence-corrected chi connectivity index (χ2v) is 6.99. The Kier molecular flexibility index (Phi) is 3.97. The van der Waals surface area contributed by atoms with Crippen LogP contribution < -0.4 is 16.0 Å². The molecule has 0 saturated carbocycles. The van der Waals surface area contributed by atoms with Gasteiger partial charge in [-0.05, 0) is 29.2 Å². The number of para-hydroxylation sites is 1. The molecule has 5 nitrogen and oxygen atoms in total. The Morgan fingerprint density at radius 3 is 2.52 bits per heavy atom. The third-order valence-corrected chi connectivity index (χ3v) is 5.02. The molecule has 4 rings (SSSR count). The van der Waals surface area contributed by atoms with E-state index < -0.39 is 5.92 Å². The van der Waals surface area contributed by atoms with Crippen molar-refractivity contribution in [2.45, 2.75) is 25.7 Å². The van der Waals surface area contributed by atoms with Gasteiger partial charge in [-0.25, -0.2) is 0 Å². The summed E-state index contributed by atoms with van der Waals surface area (Å²) in [5.41, 5.74) is 9.16. The molecule has 0 aliphatic carbocycles. The van der Waals surface area contributed by atoms with Gasteiger partial charge in [0.15, 0.2) is 0 Å². The summed E-state index contributed by atoms with van der Waals surface area (Å²) in [6.07, 6.45) is 0. The lowest BCUT2D eigenvalue weighted by atomic mass is 9.83. The van der Waals surface area contributed by atoms with Crippen molar-refractivity contribution in [2.75, 3.05) is 0 Å². The fourth-order valence-corrected chi connectivity index (χ4v) is 3.58. The van der Waals surface area contributed by atoms with E-state index in [4.69, 9.17) is 10.5 Å². The first kappa shape index (κ1) is 16.9. The molecular weight excluding hydrogens is 338 g/mol. The van der Waals surface area contributed by atoms with E-state index in [1.807, 2.05) is 48.5 Å². The van der Waals surface area contributed by atoms with Gasteiger partial charge in [0.1, 0.15) is 17.4 Å². The molecule has 1 aromatic heterocycles. The molecule has 0 amide bonds. The first-order valence-electron chi connectivity index (χ1n) is 8.83. The first-order valence-corrected chi connectivity index (χ1v) is 8.83. The molecule has 0 radical (unpaired) electrons. The summed E-state index contributed by atoms with van der Waals surface area (Å²) < 4.78 is 5.76. The standard InChI is InChI=1S/C22H19N3O2/c1-12(2)13-7-9-14(10-8-13)18-16(11-23)21(24)27-20-15-5-3-4-6-17(15)25-22(26)19(18)20/h3-10,12,18H,24H2,1-2H3,(H,25,26)/t18-/m0/s1. The molecule has 27 heavy (non-hydrogen) atoms. The number of nitrogens with two attached hydrogens (primary N) is 1. The minimum atomic E-state index is -0.562. The molecule has 0 spiro atoms. The number of aromatic amines is 1. The van der Waals surface area contributed by atoms with Crippen LogP contribution in [0.5, 0.6) is 5.75 Å². The van der Waals surface area contributed by atoms with E-state index in [1.54, 1.807) is 0 Å². The smallest absolute Gasteiger partial charge is 0.256 e. The van der Waals surface area contributed by atoms with Crippen molar-refractivity contribution in [1.29, 1.82) is 5.26 Å². The number of fused-ring (bicyclic) bond motifs is 3. The summed E-state index contributed by atoms with van der Waals surface area (Å²) in [5, 5.41) is 10.4. The molecule has 134 valence electrons. The third kappa shape index (κ3) is 2.67. The highest BCUT2D eigenvalue weighted by atomic mass is 16.5. The van der Waals surface area contributed by atoms with Crippen LogP contribution in [0.2, 0.25) is 0 Å². The number of allylic oxidation sites excluding steroid dienone is 1. The van der Waals surface area contributed by atoms with Gasteiger partial charge in [-0.2, -0.15) is 5.26 Å². The molecule has 0 saturated heterocycles. The molecule has 2 aromatic carbocycles. The van der Waals surface area contributed by atoms with Crippen LogP contribution in [-0.4, -0.2) is 4.98 Å². The van der Waals surface area contributed by atoms with Crippen LogP contribution in [0.15, 0.2) is 64.8 Å². The Balaban J connectivity index is 2.00. The largest absolute Gasteiger partial charge is 0.439 e. The average Bonchev–Trinajstić information content (AvgIpc) is 2.67. The lowest BCUT2D eigenvalue weighted by Gasteiger charge is -2.26. The Morgan fingerprint density at radius 1 is 1.15 bits per heavy atom. The maximum absolute atomic E-state index is 12.9. The van der Waals surface area contributed by atoms with Gasteiger partial charge in [0.2, 0.25) is 5.88 Å². The van der Waals surface area contributed by atoms with Crippen molar-refractivity contribution in [3.63, 3.8) is 0 Å². The third-order valence-electron chi connectivity index (χ3n) is 5.02. The quantitative estimate of drug-likeness (QED) is 0.728. The number of H-pyrrole nitrogens is 1. The number of aromatic nitrogens is 1. The van der Waals surface area contributed by atoms with Gasteiger partial charge in [-0.1, -0.05) is 50.2 Å². The predicted octanol–water partition coefficient (Wildman–Crippen LogP) is 3.87. The molecule has 1 aliphatic rings. The van der Waals surface area contributed by atoms with Crippen molar-refractivity contribution < 1.29 is 4.74 Å². The fourth-order valence-electron chi connectivity index (χ4n) is 3.58. The number of benzene rings is 2. The monoisotopic (exact) mass is 357 g/mol. The summed E-state index contributed by atoms with van der Waals surface area (Å²) in [6.45, 7) is 4.24. The zero-order chi connectivity index (χ0) is 19.1. The Hall–Kier alpha value is -3.52. The summed E-state index contributed by atoms with van der Waals surface area (Å²) in [5.74, 6) is 0.292.